The summed E-state index contributed by atoms with van der Waals surface area (Å²) in [5.74, 6) is 1.54. The van der Waals surface area contributed by atoms with Gasteiger partial charge in [0.2, 0.25) is 0 Å². The Bertz CT molecular complexity index is 1300. The Kier molecular flexibility index (Phi) is 9.48. The molecule has 38 heavy (non-hydrogen) atoms. The average molecular weight is 518 g/mol. The number of carboxylic acids is 1. The summed E-state index contributed by atoms with van der Waals surface area (Å²) in [6.45, 7) is 3.72. The van der Waals surface area contributed by atoms with Crippen molar-refractivity contribution in [1.29, 1.82) is 0 Å². The standard InChI is InChI=1S/C32H33NO4.Na/c1-21-10-14-24(15-11-21)30-31(25-16-12-22(2)13-17-25)37-32(33-30)28-9-4-3-7-26(28)18-23-6-5-8-27(19-23)36-20-29(34)35;/h5-6,8,10-17,19,26,28H,3-4,7,9,18,20H2,1-2H3,(H,34,35);/q;+1/p-1. The van der Waals surface area contributed by atoms with E-state index in [-0.39, 0.29) is 35.5 Å². The average Bonchev–Trinajstić information content (AvgIpc) is 3.34. The molecule has 5 nitrogen and oxygen atoms in total. The fourth-order valence-electron chi connectivity index (χ4n) is 5.29. The summed E-state index contributed by atoms with van der Waals surface area (Å²) in [6, 6.07) is 24.6. The molecule has 1 saturated carbocycles. The van der Waals surface area contributed by atoms with Crippen LogP contribution in [0, 0.1) is 19.8 Å². The second-order valence-corrected chi connectivity index (χ2v) is 10.1. The van der Waals surface area contributed by atoms with Crippen LogP contribution < -0.4 is 39.4 Å². The number of aromatic nitrogens is 1. The quantitative estimate of drug-likeness (QED) is 0.336. The van der Waals surface area contributed by atoms with Gasteiger partial charge in [-0.05, 0) is 56.7 Å². The molecular formula is C32H32NNaO4. The Morgan fingerprint density at radius 3 is 2.29 bits per heavy atom. The molecule has 0 bridgehead atoms. The topological polar surface area (TPSA) is 75.4 Å². The Balaban J connectivity index is 0.00000336. The number of rotatable bonds is 8. The molecule has 1 aliphatic rings. The van der Waals surface area contributed by atoms with Gasteiger partial charge >= 0.3 is 29.6 Å². The zero-order valence-electron chi connectivity index (χ0n) is 22.4. The van der Waals surface area contributed by atoms with Gasteiger partial charge in [0.15, 0.2) is 11.7 Å². The molecule has 190 valence electrons. The van der Waals surface area contributed by atoms with E-state index in [4.69, 9.17) is 14.1 Å². The van der Waals surface area contributed by atoms with Gasteiger partial charge in [0.1, 0.15) is 18.1 Å². The number of oxazole rings is 1. The zero-order chi connectivity index (χ0) is 25.8. The predicted molar refractivity (Wildman–Crippen MR) is 142 cm³/mol. The van der Waals surface area contributed by atoms with Crippen LogP contribution in [0.1, 0.15) is 54.2 Å². The van der Waals surface area contributed by atoms with E-state index in [0.29, 0.717) is 11.7 Å². The van der Waals surface area contributed by atoms with E-state index >= 15 is 0 Å². The Morgan fingerprint density at radius 1 is 0.947 bits per heavy atom. The predicted octanol–water partition coefficient (Wildman–Crippen LogP) is 3.27. The zero-order valence-corrected chi connectivity index (χ0v) is 24.4. The van der Waals surface area contributed by atoms with E-state index in [1.807, 2.05) is 12.1 Å². The van der Waals surface area contributed by atoms with Gasteiger partial charge in [-0.25, -0.2) is 4.98 Å². The maximum atomic E-state index is 10.8. The summed E-state index contributed by atoms with van der Waals surface area (Å²) in [6.07, 6.45) is 5.31. The monoisotopic (exact) mass is 517 g/mol. The minimum Gasteiger partial charge on any atom is -0.546 e. The number of hydrogen-bond acceptors (Lipinski definition) is 5. The Morgan fingerprint density at radius 2 is 1.61 bits per heavy atom. The van der Waals surface area contributed by atoms with Crippen molar-refractivity contribution in [3.63, 3.8) is 0 Å². The first kappa shape index (κ1) is 28.2. The summed E-state index contributed by atoms with van der Waals surface area (Å²) in [5, 5.41) is 10.8. The number of nitrogens with zero attached hydrogens (tertiary/aromatic N) is 1. The van der Waals surface area contributed by atoms with Crippen molar-refractivity contribution in [1.82, 2.24) is 4.98 Å². The van der Waals surface area contributed by atoms with Gasteiger partial charge in [-0.15, -0.1) is 0 Å². The molecule has 0 amide bonds. The number of hydrogen-bond donors (Lipinski definition) is 0. The molecule has 0 aliphatic heterocycles. The van der Waals surface area contributed by atoms with Crippen LogP contribution in [0.5, 0.6) is 5.75 Å². The molecule has 4 aromatic rings. The number of carbonyl (C=O) groups excluding carboxylic acids is 1. The molecule has 0 spiro atoms. The van der Waals surface area contributed by atoms with E-state index in [9.17, 15) is 9.90 Å². The largest absolute Gasteiger partial charge is 1.00 e. The fourth-order valence-corrected chi connectivity index (χ4v) is 5.29. The molecule has 3 aromatic carbocycles. The summed E-state index contributed by atoms with van der Waals surface area (Å²) >= 11 is 0. The van der Waals surface area contributed by atoms with Crippen LogP contribution in [0.15, 0.2) is 77.2 Å². The van der Waals surface area contributed by atoms with Crippen molar-refractivity contribution in [3.8, 4) is 28.3 Å². The smallest absolute Gasteiger partial charge is 0.546 e. The first-order chi connectivity index (χ1) is 18.0. The molecule has 1 aliphatic carbocycles. The normalized spacial score (nSPS) is 17.0. The van der Waals surface area contributed by atoms with Gasteiger partial charge in [-0.2, -0.15) is 0 Å². The molecule has 1 aromatic heterocycles. The number of carboxylic acid groups (broad SMARTS) is 1. The van der Waals surface area contributed by atoms with Crippen molar-refractivity contribution >= 4 is 5.97 Å². The van der Waals surface area contributed by atoms with Crippen molar-refractivity contribution in [2.75, 3.05) is 6.61 Å². The summed E-state index contributed by atoms with van der Waals surface area (Å²) < 4.78 is 12.0. The van der Waals surface area contributed by atoms with Gasteiger partial charge in [0, 0.05) is 17.0 Å². The van der Waals surface area contributed by atoms with Crippen LogP contribution in [-0.2, 0) is 11.2 Å². The fraction of sp³-hybridized carbons (Fsp3) is 0.312. The summed E-state index contributed by atoms with van der Waals surface area (Å²) in [7, 11) is 0. The number of aryl methyl sites for hydroxylation is 2. The van der Waals surface area contributed by atoms with Crippen LogP contribution in [0.2, 0.25) is 0 Å². The molecule has 1 fully saturated rings. The van der Waals surface area contributed by atoms with E-state index < -0.39 is 12.6 Å². The van der Waals surface area contributed by atoms with Crippen molar-refractivity contribution in [3.05, 3.63) is 95.4 Å². The van der Waals surface area contributed by atoms with Crippen molar-refractivity contribution in [2.24, 2.45) is 5.92 Å². The number of ether oxygens (including phenoxy) is 1. The number of benzene rings is 3. The van der Waals surface area contributed by atoms with Gasteiger partial charge in [-0.1, -0.05) is 84.6 Å². The minimum atomic E-state index is -1.23. The maximum absolute atomic E-state index is 10.8. The molecule has 5 rings (SSSR count). The van der Waals surface area contributed by atoms with Crippen LogP contribution >= 0.6 is 0 Å². The van der Waals surface area contributed by atoms with Crippen LogP contribution in [0.4, 0.5) is 0 Å². The Labute approximate surface area is 246 Å². The summed E-state index contributed by atoms with van der Waals surface area (Å²) in [4.78, 5) is 15.9. The Hall–Kier alpha value is -2.86. The third kappa shape index (κ3) is 6.76. The third-order valence-electron chi connectivity index (χ3n) is 7.26. The van der Waals surface area contributed by atoms with Crippen LogP contribution in [0.3, 0.4) is 0 Å². The van der Waals surface area contributed by atoms with Gasteiger partial charge < -0.3 is 19.1 Å². The molecule has 2 unspecified atom stereocenters. The van der Waals surface area contributed by atoms with E-state index in [0.717, 1.165) is 59.7 Å². The first-order valence-corrected chi connectivity index (χ1v) is 13.0. The molecular weight excluding hydrogens is 485 g/mol. The number of aliphatic carboxylic acids is 1. The molecule has 0 radical (unpaired) electrons. The van der Waals surface area contributed by atoms with E-state index in [1.165, 1.54) is 17.5 Å². The minimum absolute atomic E-state index is 0. The molecule has 0 N–H and O–H groups in total. The van der Waals surface area contributed by atoms with Crippen LogP contribution in [-0.4, -0.2) is 17.6 Å². The molecule has 1 heterocycles. The van der Waals surface area contributed by atoms with Crippen molar-refractivity contribution < 1.29 is 48.6 Å². The van der Waals surface area contributed by atoms with Crippen molar-refractivity contribution in [2.45, 2.75) is 51.9 Å². The first-order valence-electron chi connectivity index (χ1n) is 13.0. The molecule has 6 heteroatoms. The van der Waals surface area contributed by atoms with Gasteiger partial charge in [0.25, 0.3) is 0 Å². The molecule has 2 atom stereocenters. The van der Waals surface area contributed by atoms with E-state index in [1.54, 1.807) is 6.07 Å². The summed E-state index contributed by atoms with van der Waals surface area (Å²) in [5.41, 5.74) is 6.52. The second-order valence-electron chi connectivity index (χ2n) is 10.1. The SMILES string of the molecule is Cc1ccc(-c2nc(C3CCCCC3Cc3cccc(OCC(=O)[O-])c3)oc2-c2ccc(C)cc2)cc1.[Na+]. The molecule has 0 saturated heterocycles. The maximum Gasteiger partial charge on any atom is 1.00 e. The number of carbonyl (C=O) groups is 1. The van der Waals surface area contributed by atoms with Gasteiger partial charge in [-0.3, -0.25) is 0 Å². The third-order valence-corrected chi connectivity index (χ3v) is 7.26. The van der Waals surface area contributed by atoms with E-state index in [2.05, 4.69) is 68.4 Å². The van der Waals surface area contributed by atoms with Gasteiger partial charge in [0.05, 0.1) is 5.97 Å². The second kappa shape index (κ2) is 12.8. The van der Waals surface area contributed by atoms with Crippen LogP contribution in [0.25, 0.3) is 22.6 Å².